The molecule has 1 saturated heterocycles. The van der Waals surface area contributed by atoms with Crippen molar-refractivity contribution in [1.29, 1.82) is 0 Å². The first-order valence-electron chi connectivity index (χ1n) is 6.73. The number of rotatable bonds is 4. The summed E-state index contributed by atoms with van der Waals surface area (Å²) in [5.74, 6) is -1.96. The fourth-order valence-corrected chi connectivity index (χ4v) is 3.88. The highest BCUT2D eigenvalue weighted by molar-refractivity contribution is 7.89. The van der Waals surface area contributed by atoms with Gasteiger partial charge in [0, 0.05) is 24.7 Å². The molecule has 0 radical (unpaired) electrons. The first-order chi connectivity index (χ1) is 9.85. The summed E-state index contributed by atoms with van der Waals surface area (Å²) in [6.07, 6.45) is 1.56. The van der Waals surface area contributed by atoms with E-state index in [1.54, 1.807) is 0 Å². The SMILES string of the molecule is CN1CCCC(NS(=O)(=O)c2ccc(F)c(CN)c2F)C1. The minimum Gasteiger partial charge on any atom is -0.326 e. The molecule has 1 fully saturated rings. The lowest BCUT2D eigenvalue weighted by atomic mass is 10.1. The van der Waals surface area contributed by atoms with Gasteiger partial charge in [-0.3, -0.25) is 0 Å². The van der Waals surface area contributed by atoms with Crippen LogP contribution in [-0.2, 0) is 16.6 Å². The number of nitrogens with zero attached hydrogens (tertiary/aromatic N) is 1. The summed E-state index contributed by atoms with van der Waals surface area (Å²) < 4.78 is 54.5. The third kappa shape index (κ3) is 3.57. The lowest BCUT2D eigenvalue weighted by Gasteiger charge is -2.30. The van der Waals surface area contributed by atoms with Gasteiger partial charge < -0.3 is 10.6 Å². The van der Waals surface area contributed by atoms with Gasteiger partial charge in [-0.1, -0.05) is 0 Å². The molecule has 0 spiro atoms. The number of hydrogen-bond donors (Lipinski definition) is 2. The molecule has 0 aliphatic carbocycles. The van der Waals surface area contributed by atoms with E-state index in [0.29, 0.717) is 13.0 Å². The van der Waals surface area contributed by atoms with Crippen molar-refractivity contribution in [1.82, 2.24) is 9.62 Å². The van der Waals surface area contributed by atoms with Crippen molar-refractivity contribution in [2.45, 2.75) is 30.3 Å². The molecule has 5 nitrogen and oxygen atoms in total. The molecular formula is C13H19F2N3O2S. The Morgan fingerprint density at radius 1 is 1.43 bits per heavy atom. The normalized spacial score (nSPS) is 20.7. The summed E-state index contributed by atoms with van der Waals surface area (Å²) in [6.45, 7) is 1.07. The zero-order valence-corrected chi connectivity index (χ0v) is 12.6. The van der Waals surface area contributed by atoms with E-state index in [1.807, 2.05) is 11.9 Å². The van der Waals surface area contributed by atoms with Crippen molar-refractivity contribution < 1.29 is 17.2 Å². The molecule has 1 aromatic rings. The average Bonchev–Trinajstić information content (AvgIpc) is 2.38. The fraction of sp³-hybridized carbons (Fsp3) is 0.538. The molecule has 0 bridgehead atoms. The van der Waals surface area contributed by atoms with Crippen LogP contribution in [0, 0.1) is 11.6 Å². The molecule has 3 N–H and O–H groups in total. The maximum atomic E-state index is 14.1. The van der Waals surface area contributed by atoms with E-state index in [2.05, 4.69) is 4.72 Å². The lowest BCUT2D eigenvalue weighted by molar-refractivity contribution is 0.242. The molecule has 8 heteroatoms. The summed E-state index contributed by atoms with van der Waals surface area (Å²) >= 11 is 0. The number of sulfonamides is 1. The third-order valence-electron chi connectivity index (χ3n) is 3.59. The summed E-state index contributed by atoms with van der Waals surface area (Å²) in [5, 5.41) is 0. The highest BCUT2D eigenvalue weighted by Crippen LogP contribution is 2.21. The molecule has 0 amide bonds. The number of likely N-dealkylation sites (tertiary alicyclic amines) is 1. The molecule has 1 unspecified atom stereocenters. The minimum absolute atomic E-state index is 0.278. The first-order valence-corrected chi connectivity index (χ1v) is 8.21. The van der Waals surface area contributed by atoms with Gasteiger partial charge in [-0.05, 0) is 38.6 Å². The van der Waals surface area contributed by atoms with Gasteiger partial charge in [0.05, 0.1) is 0 Å². The predicted molar refractivity (Wildman–Crippen MR) is 75.1 cm³/mol. The van der Waals surface area contributed by atoms with Crippen LogP contribution in [0.15, 0.2) is 17.0 Å². The molecule has 1 atom stereocenters. The molecule has 1 aliphatic heterocycles. The fourth-order valence-electron chi connectivity index (χ4n) is 2.52. The number of likely N-dealkylation sites (N-methyl/N-ethyl adjacent to an activating group) is 1. The predicted octanol–water partition coefficient (Wildman–Crippen LogP) is 0.796. The monoisotopic (exact) mass is 319 g/mol. The Kier molecular flexibility index (Phi) is 4.92. The van der Waals surface area contributed by atoms with Crippen LogP contribution in [0.5, 0.6) is 0 Å². The second-order valence-electron chi connectivity index (χ2n) is 5.26. The van der Waals surface area contributed by atoms with Gasteiger partial charge in [-0.2, -0.15) is 0 Å². The Morgan fingerprint density at radius 2 is 2.14 bits per heavy atom. The number of halogens is 2. The van der Waals surface area contributed by atoms with Gasteiger partial charge in [-0.25, -0.2) is 21.9 Å². The Morgan fingerprint density at radius 3 is 2.76 bits per heavy atom. The molecule has 1 aliphatic rings. The van der Waals surface area contributed by atoms with Crippen LogP contribution >= 0.6 is 0 Å². The Bertz CT molecular complexity index is 622. The number of nitrogens with one attached hydrogen (secondary N) is 1. The van der Waals surface area contributed by atoms with Crippen molar-refractivity contribution >= 4 is 10.0 Å². The van der Waals surface area contributed by atoms with Crippen molar-refractivity contribution in [3.63, 3.8) is 0 Å². The van der Waals surface area contributed by atoms with E-state index in [0.717, 1.165) is 25.1 Å². The quantitative estimate of drug-likeness (QED) is 0.861. The Labute approximate surface area is 123 Å². The van der Waals surface area contributed by atoms with Crippen molar-refractivity contribution in [3.8, 4) is 0 Å². The number of nitrogens with two attached hydrogens (primary N) is 1. The maximum absolute atomic E-state index is 14.1. The molecule has 0 aromatic heterocycles. The summed E-state index contributed by atoms with van der Waals surface area (Å²) in [6, 6.07) is 1.57. The second-order valence-corrected chi connectivity index (χ2v) is 6.95. The molecule has 2 rings (SSSR count). The van der Waals surface area contributed by atoms with Crippen LogP contribution in [0.25, 0.3) is 0 Å². The molecule has 118 valence electrons. The molecule has 0 saturated carbocycles. The van der Waals surface area contributed by atoms with Crippen molar-refractivity contribution in [2.75, 3.05) is 20.1 Å². The zero-order valence-electron chi connectivity index (χ0n) is 11.8. The van der Waals surface area contributed by atoms with Gasteiger partial charge in [0.15, 0.2) is 5.82 Å². The Balaban J connectivity index is 2.27. The zero-order chi connectivity index (χ0) is 15.6. The van der Waals surface area contributed by atoms with E-state index in [4.69, 9.17) is 5.73 Å². The highest BCUT2D eigenvalue weighted by Gasteiger charge is 2.27. The maximum Gasteiger partial charge on any atom is 0.243 e. The van der Waals surface area contributed by atoms with Crippen LogP contribution < -0.4 is 10.5 Å². The van der Waals surface area contributed by atoms with Crippen LogP contribution in [0.3, 0.4) is 0 Å². The molecule has 21 heavy (non-hydrogen) atoms. The number of piperidine rings is 1. The first kappa shape index (κ1) is 16.3. The smallest absolute Gasteiger partial charge is 0.243 e. The number of hydrogen-bond acceptors (Lipinski definition) is 4. The topological polar surface area (TPSA) is 75.4 Å². The van der Waals surface area contributed by atoms with Crippen LogP contribution in [0.1, 0.15) is 18.4 Å². The standard InChI is InChI=1S/C13H19F2N3O2S/c1-18-6-2-3-9(8-18)17-21(19,20)12-5-4-11(14)10(7-16)13(12)15/h4-5,9,17H,2-3,6-8,16H2,1H3. The second kappa shape index (κ2) is 6.35. The van der Waals surface area contributed by atoms with Crippen LogP contribution in [0.4, 0.5) is 8.78 Å². The van der Waals surface area contributed by atoms with E-state index in [-0.39, 0.29) is 6.04 Å². The summed E-state index contributed by atoms with van der Waals surface area (Å²) in [7, 11) is -2.14. The van der Waals surface area contributed by atoms with Crippen molar-refractivity contribution in [3.05, 3.63) is 29.3 Å². The van der Waals surface area contributed by atoms with E-state index in [1.165, 1.54) is 0 Å². The molecular weight excluding hydrogens is 300 g/mol. The van der Waals surface area contributed by atoms with E-state index < -0.39 is 38.7 Å². The molecule has 1 heterocycles. The van der Waals surface area contributed by atoms with Crippen molar-refractivity contribution in [2.24, 2.45) is 5.73 Å². The van der Waals surface area contributed by atoms with E-state index in [9.17, 15) is 17.2 Å². The highest BCUT2D eigenvalue weighted by atomic mass is 32.2. The Hall–Kier alpha value is -1.09. The van der Waals surface area contributed by atoms with Crippen LogP contribution in [-0.4, -0.2) is 39.5 Å². The van der Waals surface area contributed by atoms with E-state index >= 15 is 0 Å². The molecule has 1 aromatic carbocycles. The van der Waals surface area contributed by atoms with Gasteiger partial charge >= 0.3 is 0 Å². The third-order valence-corrected chi connectivity index (χ3v) is 5.13. The number of benzene rings is 1. The largest absolute Gasteiger partial charge is 0.326 e. The van der Waals surface area contributed by atoms with Crippen LogP contribution in [0.2, 0.25) is 0 Å². The summed E-state index contributed by atoms with van der Waals surface area (Å²) in [4.78, 5) is 1.45. The minimum atomic E-state index is -4.04. The average molecular weight is 319 g/mol. The van der Waals surface area contributed by atoms with Gasteiger partial charge in [0.2, 0.25) is 10.0 Å². The summed E-state index contributed by atoms with van der Waals surface area (Å²) in [5.41, 5.74) is 4.85. The van der Waals surface area contributed by atoms with Gasteiger partial charge in [-0.15, -0.1) is 0 Å². The van der Waals surface area contributed by atoms with Gasteiger partial charge in [0.25, 0.3) is 0 Å². The van der Waals surface area contributed by atoms with Gasteiger partial charge in [0.1, 0.15) is 10.7 Å². The lowest BCUT2D eigenvalue weighted by Crippen LogP contribution is -2.46.